The van der Waals surface area contributed by atoms with Crippen molar-refractivity contribution in [1.82, 2.24) is 15.0 Å². The Balaban J connectivity index is 2.01. The summed E-state index contributed by atoms with van der Waals surface area (Å²) in [4.78, 5) is 14.0. The van der Waals surface area contributed by atoms with Crippen molar-refractivity contribution in [2.24, 2.45) is 0 Å². The fourth-order valence-corrected chi connectivity index (χ4v) is 4.07. The van der Waals surface area contributed by atoms with Crippen molar-refractivity contribution in [2.45, 2.75) is 17.7 Å². The van der Waals surface area contributed by atoms with Gasteiger partial charge in [-0.3, -0.25) is 0 Å². The Kier molecular flexibility index (Phi) is 5.17. The highest BCUT2D eigenvalue weighted by molar-refractivity contribution is 7.90. The van der Waals surface area contributed by atoms with Crippen molar-refractivity contribution in [2.75, 3.05) is 38.5 Å². The first-order valence-corrected chi connectivity index (χ1v) is 11.3. The predicted octanol–water partition coefficient (Wildman–Crippen LogP) is 1.96. The molecule has 0 unspecified atom stereocenters. The van der Waals surface area contributed by atoms with Gasteiger partial charge in [-0.2, -0.15) is 0 Å². The number of aromatic nitrogens is 3. The largest absolute Gasteiger partial charge is 0.494 e. The second-order valence-corrected chi connectivity index (χ2v) is 9.74. The molecular weight excluding hydrogens is 446 g/mol. The van der Waals surface area contributed by atoms with Crippen LogP contribution in [0.2, 0.25) is 0 Å². The van der Waals surface area contributed by atoms with Gasteiger partial charge in [0.25, 0.3) is 0 Å². The number of nitrogens with zero attached hydrogens (tertiary/aromatic N) is 4. The molecule has 1 aliphatic rings. The summed E-state index contributed by atoms with van der Waals surface area (Å²) in [5.41, 5.74) is -1.40. The summed E-state index contributed by atoms with van der Waals surface area (Å²) < 4.78 is 64.0. The molecule has 1 aromatic carbocycles. The predicted molar refractivity (Wildman–Crippen MR) is 112 cm³/mol. The standard InChI is InChI=1S/C20H20F2N4O5S/c1-20(27)8-26(9-20)18-17-10(7-23-19(25-17)32(4,28)29)5-11(24-18)14-15(21)12(30-2)6-13(31-3)16(14)22/h5-7,27H,8-9H2,1-4H3. The van der Waals surface area contributed by atoms with Gasteiger partial charge in [-0.15, -0.1) is 0 Å². The highest BCUT2D eigenvalue weighted by atomic mass is 32.2. The van der Waals surface area contributed by atoms with Gasteiger partial charge >= 0.3 is 0 Å². The summed E-state index contributed by atoms with van der Waals surface area (Å²) in [5, 5.41) is 10.1. The molecule has 1 fully saturated rings. The quantitative estimate of drug-likeness (QED) is 0.564. The summed E-state index contributed by atoms with van der Waals surface area (Å²) in [5.74, 6) is -2.27. The minimum atomic E-state index is -3.71. The molecule has 32 heavy (non-hydrogen) atoms. The zero-order valence-corrected chi connectivity index (χ0v) is 18.5. The van der Waals surface area contributed by atoms with Crippen LogP contribution in [0.3, 0.4) is 0 Å². The summed E-state index contributed by atoms with van der Waals surface area (Å²) >= 11 is 0. The highest BCUT2D eigenvalue weighted by Gasteiger charge is 2.39. The van der Waals surface area contributed by atoms with Gasteiger partial charge in [-0.25, -0.2) is 32.2 Å². The van der Waals surface area contributed by atoms with Crippen molar-refractivity contribution in [3.63, 3.8) is 0 Å². The zero-order valence-electron chi connectivity index (χ0n) is 17.7. The third-order valence-electron chi connectivity index (χ3n) is 5.05. The van der Waals surface area contributed by atoms with Gasteiger partial charge in [0.2, 0.25) is 15.0 Å². The van der Waals surface area contributed by atoms with Gasteiger partial charge in [0.05, 0.1) is 31.1 Å². The maximum Gasteiger partial charge on any atom is 0.247 e. The average Bonchev–Trinajstić information content (AvgIpc) is 2.70. The van der Waals surface area contributed by atoms with Crippen LogP contribution in [0, 0.1) is 11.6 Å². The number of ether oxygens (including phenoxy) is 2. The van der Waals surface area contributed by atoms with Crippen LogP contribution in [0.25, 0.3) is 22.2 Å². The molecule has 3 heterocycles. The van der Waals surface area contributed by atoms with E-state index in [2.05, 4.69) is 15.0 Å². The molecule has 1 saturated heterocycles. The maximum atomic E-state index is 15.1. The Morgan fingerprint density at radius 1 is 1.09 bits per heavy atom. The molecule has 1 N–H and O–H groups in total. The van der Waals surface area contributed by atoms with Gasteiger partial charge in [-0.1, -0.05) is 0 Å². The van der Waals surface area contributed by atoms with E-state index >= 15 is 8.78 Å². The topological polar surface area (TPSA) is 115 Å². The second kappa shape index (κ2) is 7.48. The minimum Gasteiger partial charge on any atom is -0.494 e. The van der Waals surface area contributed by atoms with E-state index in [1.54, 1.807) is 11.8 Å². The van der Waals surface area contributed by atoms with E-state index in [1.165, 1.54) is 26.5 Å². The number of anilines is 1. The van der Waals surface area contributed by atoms with Crippen LogP contribution in [0.1, 0.15) is 6.92 Å². The fourth-order valence-electron chi connectivity index (χ4n) is 3.57. The number of aliphatic hydroxyl groups is 1. The first-order chi connectivity index (χ1) is 14.9. The zero-order chi connectivity index (χ0) is 23.4. The van der Waals surface area contributed by atoms with E-state index in [-0.39, 0.29) is 41.6 Å². The monoisotopic (exact) mass is 466 g/mol. The van der Waals surface area contributed by atoms with Gasteiger partial charge < -0.3 is 19.5 Å². The Morgan fingerprint density at radius 3 is 2.19 bits per heavy atom. The van der Waals surface area contributed by atoms with Crippen molar-refractivity contribution < 1.29 is 31.8 Å². The van der Waals surface area contributed by atoms with Crippen molar-refractivity contribution in [3.05, 3.63) is 30.0 Å². The van der Waals surface area contributed by atoms with Crippen LogP contribution in [-0.4, -0.2) is 67.6 Å². The number of hydrogen-bond acceptors (Lipinski definition) is 9. The third-order valence-corrected chi connectivity index (χ3v) is 5.91. The molecule has 3 aromatic rings. The number of β-amino-alcohol motifs (C(OH)–C–C–N with tert-alkyl or cyclic N) is 1. The lowest BCUT2D eigenvalue weighted by Gasteiger charge is -2.45. The van der Waals surface area contributed by atoms with E-state index in [0.717, 1.165) is 12.3 Å². The van der Waals surface area contributed by atoms with Crippen LogP contribution in [-0.2, 0) is 9.84 Å². The molecule has 0 atom stereocenters. The number of methoxy groups -OCH3 is 2. The van der Waals surface area contributed by atoms with Crippen LogP contribution >= 0.6 is 0 Å². The van der Waals surface area contributed by atoms with Crippen LogP contribution in [0.4, 0.5) is 14.6 Å². The molecule has 170 valence electrons. The average molecular weight is 466 g/mol. The summed E-state index contributed by atoms with van der Waals surface area (Å²) in [6.45, 7) is 1.96. The summed E-state index contributed by atoms with van der Waals surface area (Å²) in [6, 6.07) is 2.44. The van der Waals surface area contributed by atoms with Crippen molar-refractivity contribution in [1.29, 1.82) is 0 Å². The molecule has 12 heteroatoms. The molecular formula is C20H20F2N4O5S. The lowest BCUT2D eigenvalue weighted by Crippen LogP contribution is -2.60. The fraction of sp³-hybridized carbons (Fsp3) is 0.350. The number of halogens is 2. The second-order valence-electron chi connectivity index (χ2n) is 7.83. The SMILES string of the molecule is COc1cc(OC)c(F)c(-c2cc3cnc(S(C)(=O)=O)nc3c(N3CC(C)(O)C3)n2)c1F. The van der Waals surface area contributed by atoms with Crippen LogP contribution in [0.15, 0.2) is 23.5 Å². The Hall–Kier alpha value is -3.12. The molecule has 0 bridgehead atoms. The number of benzene rings is 1. The highest BCUT2D eigenvalue weighted by Crippen LogP contribution is 2.40. The molecule has 0 spiro atoms. The number of rotatable bonds is 5. The molecule has 0 radical (unpaired) electrons. The van der Waals surface area contributed by atoms with Crippen LogP contribution in [0.5, 0.6) is 11.5 Å². The number of pyridine rings is 1. The van der Waals surface area contributed by atoms with E-state index in [9.17, 15) is 13.5 Å². The molecule has 2 aromatic heterocycles. The van der Waals surface area contributed by atoms with E-state index < -0.39 is 37.8 Å². The molecule has 0 amide bonds. The molecule has 0 aliphatic carbocycles. The van der Waals surface area contributed by atoms with E-state index in [1.807, 2.05) is 0 Å². The first kappa shape index (κ1) is 22.1. The van der Waals surface area contributed by atoms with Gasteiger partial charge in [0.1, 0.15) is 5.52 Å². The smallest absolute Gasteiger partial charge is 0.247 e. The molecule has 9 nitrogen and oxygen atoms in total. The lowest BCUT2D eigenvalue weighted by molar-refractivity contribution is 0.0307. The maximum absolute atomic E-state index is 15.1. The Morgan fingerprint density at radius 2 is 1.69 bits per heavy atom. The van der Waals surface area contributed by atoms with Gasteiger partial charge in [0.15, 0.2) is 29.0 Å². The van der Waals surface area contributed by atoms with Crippen molar-refractivity contribution in [3.8, 4) is 22.8 Å². The minimum absolute atomic E-state index is 0.0954. The number of fused-ring (bicyclic) bond motifs is 1. The number of sulfone groups is 1. The Labute approximate surface area is 182 Å². The lowest BCUT2D eigenvalue weighted by atomic mass is 9.96. The number of hydrogen-bond donors (Lipinski definition) is 1. The molecule has 0 saturated carbocycles. The first-order valence-electron chi connectivity index (χ1n) is 9.40. The summed E-state index contributed by atoms with van der Waals surface area (Å²) in [7, 11) is -1.24. The van der Waals surface area contributed by atoms with Gasteiger partial charge in [0, 0.05) is 37.0 Å². The van der Waals surface area contributed by atoms with E-state index in [4.69, 9.17) is 9.47 Å². The van der Waals surface area contributed by atoms with Crippen molar-refractivity contribution >= 4 is 26.6 Å². The third kappa shape index (κ3) is 3.69. The molecule has 1 aliphatic heterocycles. The van der Waals surface area contributed by atoms with Gasteiger partial charge in [-0.05, 0) is 13.0 Å². The normalized spacial score (nSPS) is 15.5. The Bertz CT molecular complexity index is 1310. The molecule has 4 rings (SSSR count). The van der Waals surface area contributed by atoms with E-state index in [0.29, 0.717) is 5.39 Å². The van der Waals surface area contributed by atoms with Crippen LogP contribution < -0.4 is 14.4 Å². The summed E-state index contributed by atoms with van der Waals surface area (Å²) in [6.07, 6.45) is 2.22.